The zero-order valence-corrected chi connectivity index (χ0v) is 12.8. The van der Waals surface area contributed by atoms with Gasteiger partial charge in [-0.25, -0.2) is 14.8 Å². The number of H-pyrrole nitrogens is 1. The van der Waals surface area contributed by atoms with Crippen LogP contribution in [-0.2, 0) is 7.05 Å². The first-order valence-corrected chi connectivity index (χ1v) is 10.4. The molecule has 0 bridgehead atoms. The maximum atomic E-state index is 11.2. The van der Waals surface area contributed by atoms with E-state index in [9.17, 15) is 4.79 Å². The Kier molecular flexibility index (Phi) is 4.49. The lowest BCUT2D eigenvalue weighted by atomic mass is 10.4. The van der Waals surface area contributed by atoms with E-state index < -0.39 is 0 Å². The molecule has 0 aliphatic heterocycles. The van der Waals surface area contributed by atoms with Crippen molar-refractivity contribution in [1.82, 2.24) is 19.5 Å². The smallest absolute Gasteiger partial charge is 0.303 e. The fourth-order valence-electron chi connectivity index (χ4n) is 1.37. The van der Waals surface area contributed by atoms with Gasteiger partial charge in [0.05, 0.1) is 5.69 Å². The first-order valence-electron chi connectivity index (χ1n) is 4.14. The summed E-state index contributed by atoms with van der Waals surface area (Å²) >= 11 is 4.24. The molecule has 0 unspecified atom stereocenters. The van der Waals surface area contributed by atoms with E-state index in [0.717, 1.165) is 11.2 Å². The molecule has 2 heterocycles. The van der Waals surface area contributed by atoms with Crippen molar-refractivity contribution in [1.29, 1.82) is 0 Å². The van der Waals surface area contributed by atoms with Gasteiger partial charge in [-0.05, 0) is 13.8 Å². The minimum Gasteiger partial charge on any atom is -0.303 e. The van der Waals surface area contributed by atoms with Crippen LogP contribution < -0.4 is 5.69 Å². The van der Waals surface area contributed by atoms with E-state index in [1.165, 1.54) is 4.57 Å². The largest absolute Gasteiger partial charge is 0.327 e. The summed E-state index contributed by atoms with van der Waals surface area (Å²) in [4.78, 5) is 22.3. The van der Waals surface area contributed by atoms with E-state index in [-0.39, 0.29) is 5.69 Å². The van der Waals surface area contributed by atoms with Crippen LogP contribution in [0, 0.1) is 13.8 Å². The molecule has 0 saturated heterocycles. The van der Waals surface area contributed by atoms with E-state index in [1.807, 2.05) is 13.8 Å². The standard InChI is InChI=1S/C8H10N4O.I2/c1-4-6-7(10-5(2)9-4)12(3)8(13)11-6;1-2/h1-3H3,(H,11,13);. The number of aromatic amines is 1. The van der Waals surface area contributed by atoms with Crippen molar-refractivity contribution in [3.63, 3.8) is 0 Å². The molecule has 82 valence electrons. The van der Waals surface area contributed by atoms with Crippen molar-refractivity contribution in [2.24, 2.45) is 7.05 Å². The lowest BCUT2D eigenvalue weighted by Gasteiger charge is -1.97. The topological polar surface area (TPSA) is 63.6 Å². The Morgan fingerprint density at radius 1 is 1.27 bits per heavy atom. The molecule has 0 fully saturated rings. The van der Waals surface area contributed by atoms with Crippen molar-refractivity contribution in [3.8, 4) is 0 Å². The molecule has 0 aliphatic carbocycles. The maximum Gasteiger partial charge on any atom is 0.327 e. The molecule has 0 spiro atoms. The molecule has 0 radical (unpaired) electrons. The molecule has 1 N–H and O–H groups in total. The van der Waals surface area contributed by atoms with E-state index in [2.05, 4.69) is 52.2 Å². The number of aryl methyl sites for hydroxylation is 3. The molecule has 5 nitrogen and oxygen atoms in total. The second-order valence-corrected chi connectivity index (χ2v) is 3.04. The van der Waals surface area contributed by atoms with Gasteiger partial charge in [0.15, 0.2) is 5.65 Å². The summed E-state index contributed by atoms with van der Waals surface area (Å²) in [5.74, 6) is 0.680. The van der Waals surface area contributed by atoms with Gasteiger partial charge in [0, 0.05) is 44.3 Å². The maximum absolute atomic E-state index is 11.2. The van der Waals surface area contributed by atoms with Gasteiger partial charge in [-0.15, -0.1) is 0 Å². The van der Waals surface area contributed by atoms with Crippen LogP contribution in [0.2, 0.25) is 0 Å². The summed E-state index contributed by atoms with van der Waals surface area (Å²) < 4.78 is 1.48. The number of aromatic nitrogens is 4. The van der Waals surface area contributed by atoms with Gasteiger partial charge in [-0.2, -0.15) is 0 Å². The zero-order chi connectivity index (χ0) is 11.6. The fourth-order valence-corrected chi connectivity index (χ4v) is 1.37. The summed E-state index contributed by atoms with van der Waals surface area (Å²) in [5, 5.41) is 0. The molecule has 0 atom stereocenters. The first-order chi connectivity index (χ1) is 7.09. The van der Waals surface area contributed by atoms with Gasteiger partial charge in [0.25, 0.3) is 0 Å². The van der Waals surface area contributed by atoms with E-state index in [0.29, 0.717) is 11.5 Å². The molecule has 0 saturated carbocycles. The third-order valence-electron chi connectivity index (χ3n) is 2.04. The van der Waals surface area contributed by atoms with Gasteiger partial charge >= 0.3 is 5.69 Å². The Bertz CT molecular complexity index is 531. The lowest BCUT2D eigenvalue weighted by Crippen LogP contribution is -2.12. The van der Waals surface area contributed by atoms with Gasteiger partial charge in [0.1, 0.15) is 11.3 Å². The second kappa shape index (κ2) is 5.23. The number of imidazole rings is 1. The summed E-state index contributed by atoms with van der Waals surface area (Å²) in [7, 11) is 1.69. The molecule has 0 amide bonds. The Hall–Kier alpha value is -0.190. The minimum absolute atomic E-state index is 0.155. The highest BCUT2D eigenvalue weighted by Gasteiger charge is 2.07. The van der Waals surface area contributed by atoms with Crippen LogP contribution in [0.4, 0.5) is 0 Å². The highest BCUT2D eigenvalue weighted by Crippen LogP contribution is 2.09. The van der Waals surface area contributed by atoms with E-state index in [1.54, 1.807) is 7.05 Å². The van der Waals surface area contributed by atoms with Gasteiger partial charge in [-0.3, -0.25) is 4.57 Å². The average Bonchev–Trinajstić information content (AvgIpc) is 2.49. The van der Waals surface area contributed by atoms with E-state index in [4.69, 9.17) is 0 Å². The zero-order valence-electron chi connectivity index (χ0n) is 8.51. The molecule has 2 aromatic heterocycles. The van der Waals surface area contributed by atoms with Crippen LogP contribution in [0.15, 0.2) is 4.79 Å². The molecule has 0 aliphatic rings. The van der Waals surface area contributed by atoms with Crippen LogP contribution in [0.25, 0.3) is 11.2 Å². The Balaban J connectivity index is 0.000000531. The number of halogens is 2. The minimum atomic E-state index is -0.155. The molecule has 0 aromatic carbocycles. The summed E-state index contributed by atoms with van der Waals surface area (Å²) in [6.07, 6.45) is 0. The lowest BCUT2D eigenvalue weighted by molar-refractivity contribution is 0.872. The third-order valence-corrected chi connectivity index (χ3v) is 2.04. The van der Waals surface area contributed by atoms with Crippen LogP contribution in [0.5, 0.6) is 0 Å². The number of fused-ring (bicyclic) bond motifs is 1. The summed E-state index contributed by atoms with van der Waals surface area (Å²) in [5.41, 5.74) is 2.03. The fraction of sp³-hybridized carbons (Fsp3) is 0.375. The van der Waals surface area contributed by atoms with Crippen LogP contribution in [-0.4, -0.2) is 19.5 Å². The number of rotatable bonds is 0. The SMILES string of the molecule is Cc1nc(C)c2[nH]c(=O)n(C)c2n1.II. The van der Waals surface area contributed by atoms with E-state index >= 15 is 0 Å². The molecule has 2 aromatic rings. The Morgan fingerprint density at radius 2 is 1.87 bits per heavy atom. The monoisotopic (exact) mass is 432 g/mol. The number of hydrogen-bond donors (Lipinski definition) is 1. The van der Waals surface area contributed by atoms with Crippen LogP contribution in [0.3, 0.4) is 0 Å². The van der Waals surface area contributed by atoms with Crippen molar-refractivity contribution < 1.29 is 0 Å². The predicted molar refractivity (Wildman–Crippen MR) is 76.6 cm³/mol. The van der Waals surface area contributed by atoms with Gasteiger partial charge in [0.2, 0.25) is 0 Å². The number of nitrogens with zero attached hydrogens (tertiary/aromatic N) is 3. The predicted octanol–water partition coefficient (Wildman–Crippen LogP) is 2.04. The first kappa shape index (κ1) is 12.9. The molecule has 15 heavy (non-hydrogen) atoms. The summed E-state index contributed by atoms with van der Waals surface area (Å²) in [6.45, 7) is 3.66. The average molecular weight is 432 g/mol. The van der Waals surface area contributed by atoms with Gasteiger partial charge < -0.3 is 4.98 Å². The molecule has 7 heteroatoms. The molecular weight excluding hydrogens is 422 g/mol. The van der Waals surface area contributed by atoms with Crippen molar-refractivity contribution in [2.45, 2.75) is 13.8 Å². The van der Waals surface area contributed by atoms with Crippen molar-refractivity contribution in [2.75, 3.05) is 0 Å². The normalized spacial score (nSPS) is 9.93. The van der Waals surface area contributed by atoms with Crippen molar-refractivity contribution in [3.05, 3.63) is 22.0 Å². The Morgan fingerprint density at radius 3 is 2.47 bits per heavy atom. The highest BCUT2D eigenvalue weighted by atomic mass is 128. The molecule has 2 rings (SSSR count). The van der Waals surface area contributed by atoms with Crippen molar-refractivity contribution >= 4 is 48.4 Å². The van der Waals surface area contributed by atoms with Gasteiger partial charge in [-0.1, -0.05) is 0 Å². The second-order valence-electron chi connectivity index (χ2n) is 3.04. The van der Waals surface area contributed by atoms with Crippen LogP contribution >= 0.6 is 37.2 Å². The Labute approximate surface area is 110 Å². The third kappa shape index (κ3) is 2.49. The molecular formula is C8H10I2N4O. The number of nitrogens with one attached hydrogen (secondary N) is 1. The quantitative estimate of drug-likeness (QED) is 0.649. The summed E-state index contributed by atoms with van der Waals surface area (Å²) in [6, 6.07) is 0. The number of hydrogen-bond acceptors (Lipinski definition) is 3. The highest BCUT2D eigenvalue weighted by molar-refractivity contribution is 15.0. The van der Waals surface area contributed by atoms with Crippen LogP contribution in [0.1, 0.15) is 11.5 Å².